The molecule has 0 spiro atoms. The van der Waals surface area contributed by atoms with Crippen molar-refractivity contribution >= 4 is 0 Å². The van der Waals surface area contributed by atoms with E-state index in [9.17, 15) is 13.2 Å². The second kappa shape index (κ2) is 1.75. The Labute approximate surface area is 48.3 Å². The summed E-state index contributed by atoms with van der Waals surface area (Å²) in [6.07, 6.45) is -2.19. The number of rotatable bonds is 0. The maximum atomic E-state index is 11.5. The fourth-order valence-electron chi connectivity index (χ4n) is 0.319. The summed E-state index contributed by atoms with van der Waals surface area (Å²) in [7, 11) is 0. The number of nitrogens with zero attached hydrogens (tertiary/aromatic N) is 1. The van der Waals surface area contributed by atoms with E-state index in [4.69, 9.17) is 0 Å². The van der Waals surface area contributed by atoms with Crippen molar-refractivity contribution in [3.05, 3.63) is 18.4 Å². The Morgan fingerprint density at radius 1 is 1.56 bits per heavy atom. The minimum Gasteiger partial charge on any atom is -0.439 e. The third-order valence-corrected chi connectivity index (χ3v) is 0.659. The van der Waals surface area contributed by atoms with Gasteiger partial charge in [-0.05, 0) is 0 Å². The van der Waals surface area contributed by atoms with Crippen molar-refractivity contribution in [3.8, 4) is 0 Å². The third-order valence-electron chi connectivity index (χ3n) is 0.659. The molecule has 2 nitrogen and oxygen atoms in total. The van der Waals surface area contributed by atoms with E-state index >= 15 is 0 Å². The molecule has 0 bridgehead atoms. The first kappa shape index (κ1) is 6.12. The van der Waals surface area contributed by atoms with Gasteiger partial charge in [-0.25, -0.2) is 4.98 Å². The fraction of sp³-hybridized carbons (Fsp3) is 0.250. The summed E-state index contributed by atoms with van der Waals surface area (Å²) >= 11 is 0. The number of oxazole rings is 1. The lowest BCUT2D eigenvalue weighted by atomic mass is 10.5. The van der Waals surface area contributed by atoms with Crippen LogP contribution >= 0.6 is 0 Å². The average Bonchev–Trinajstić information content (AvgIpc) is 2.08. The molecule has 0 aliphatic heterocycles. The summed E-state index contributed by atoms with van der Waals surface area (Å²) in [4.78, 5) is 2.84. The third kappa shape index (κ3) is 1.22. The first-order valence-corrected chi connectivity index (χ1v) is 1.99. The largest absolute Gasteiger partial charge is 0.439 e. The molecule has 0 aromatic carbocycles. The lowest BCUT2D eigenvalue weighted by Crippen LogP contribution is -2.04. The minimum atomic E-state index is -4.44. The molecule has 1 aromatic heterocycles. The van der Waals surface area contributed by atoms with Crippen LogP contribution in [-0.4, -0.2) is 4.98 Å². The first-order valence-electron chi connectivity index (χ1n) is 1.99. The molecule has 0 aliphatic carbocycles. The Kier molecular flexibility index (Phi) is 1.19. The van der Waals surface area contributed by atoms with Crippen LogP contribution in [0.25, 0.3) is 0 Å². The lowest BCUT2D eigenvalue weighted by Gasteiger charge is -1.96. The van der Waals surface area contributed by atoms with Crippen LogP contribution < -0.4 is 0 Å². The van der Waals surface area contributed by atoms with Gasteiger partial charge in [0.2, 0.25) is 6.26 Å². The van der Waals surface area contributed by atoms with Crippen molar-refractivity contribution in [2.75, 3.05) is 0 Å². The molecular formula is C4HF3NO. The summed E-state index contributed by atoms with van der Waals surface area (Å²) < 4.78 is 38.4. The van der Waals surface area contributed by atoms with E-state index in [1.54, 1.807) is 6.26 Å². The number of hydrogen-bond acceptors (Lipinski definition) is 2. The SMILES string of the molecule is FC(F)(F)c1[c]ocn1. The van der Waals surface area contributed by atoms with E-state index in [1.807, 2.05) is 0 Å². The average molecular weight is 136 g/mol. The van der Waals surface area contributed by atoms with Crippen LogP contribution in [-0.2, 0) is 6.18 Å². The highest BCUT2D eigenvalue weighted by Gasteiger charge is 2.34. The molecule has 0 aliphatic rings. The molecule has 0 amide bonds. The molecular weight excluding hydrogens is 135 g/mol. The highest BCUT2D eigenvalue weighted by atomic mass is 19.4. The monoisotopic (exact) mass is 136 g/mol. The Morgan fingerprint density at radius 2 is 2.22 bits per heavy atom. The van der Waals surface area contributed by atoms with Gasteiger partial charge in [-0.2, -0.15) is 13.2 Å². The normalized spacial score (nSPS) is 11.9. The minimum absolute atomic E-state index is 0.683. The lowest BCUT2D eigenvalue weighted by molar-refractivity contribution is -0.141. The van der Waals surface area contributed by atoms with Crippen molar-refractivity contribution in [1.29, 1.82) is 0 Å². The standard InChI is InChI=1S/C4HF3NO/c5-4(6,7)3-1-9-2-8-3/h2H. The summed E-state index contributed by atoms with van der Waals surface area (Å²) in [5, 5.41) is 0. The highest BCUT2D eigenvalue weighted by molar-refractivity contribution is 4.93. The predicted molar refractivity (Wildman–Crippen MR) is 20.3 cm³/mol. The predicted octanol–water partition coefficient (Wildman–Crippen LogP) is 1.49. The topological polar surface area (TPSA) is 26.0 Å². The van der Waals surface area contributed by atoms with Crippen LogP contribution in [0.15, 0.2) is 10.8 Å². The van der Waals surface area contributed by atoms with Crippen molar-refractivity contribution in [2.24, 2.45) is 0 Å². The Hall–Kier alpha value is -1.00. The Balaban J connectivity index is 2.90. The van der Waals surface area contributed by atoms with Gasteiger partial charge in [-0.15, -0.1) is 0 Å². The number of hydrogen-bond donors (Lipinski definition) is 0. The quantitative estimate of drug-likeness (QED) is 0.540. The first-order chi connectivity index (χ1) is 4.11. The molecule has 9 heavy (non-hydrogen) atoms. The van der Waals surface area contributed by atoms with E-state index in [2.05, 4.69) is 9.40 Å². The van der Waals surface area contributed by atoms with Crippen LogP contribution in [0.2, 0.25) is 0 Å². The van der Waals surface area contributed by atoms with E-state index in [0.29, 0.717) is 6.39 Å². The zero-order valence-corrected chi connectivity index (χ0v) is 4.07. The van der Waals surface area contributed by atoms with Crippen molar-refractivity contribution in [3.63, 3.8) is 0 Å². The van der Waals surface area contributed by atoms with Gasteiger partial charge in [0.05, 0.1) is 0 Å². The summed E-state index contributed by atoms with van der Waals surface area (Å²) in [6, 6.07) is 0. The second-order valence-corrected chi connectivity index (χ2v) is 1.30. The molecule has 5 heteroatoms. The molecule has 1 rings (SSSR count). The molecule has 1 aromatic rings. The van der Waals surface area contributed by atoms with Crippen molar-refractivity contribution in [1.82, 2.24) is 4.98 Å². The Morgan fingerprint density at radius 3 is 2.44 bits per heavy atom. The molecule has 0 atom stereocenters. The maximum Gasteiger partial charge on any atom is 0.437 e. The summed E-state index contributed by atoms with van der Waals surface area (Å²) in [5.74, 6) is 0. The van der Waals surface area contributed by atoms with Crippen molar-refractivity contribution < 1.29 is 17.6 Å². The number of aromatic nitrogens is 1. The fourth-order valence-corrected chi connectivity index (χ4v) is 0.319. The van der Waals surface area contributed by atoms with E-state index in [1.165, 1.54) is 0 Å². The molecule has 0 saturated heterocycles. The molecule has 1 heterocycles. The molecule has 49 valence electrons. The summed E-state index contributed by atoms with van der Waals surface area (Å²) in [6.45, 7) is 0. The van der Waals surface area contributed by atoms with Gasteiger partial charge in [0, 0.05) is 0 Å². The highest BCUT2D eigenvalue weighted by Crippen LogP contribution is 2.26. The van der Waals surface area contributed by atoms with E-state index in [-0.39, 0.29) is 0 Å². The van der Waals surface area contributed by atoms with Crippen LogP contribution in [0.5, 0.6) is 0 Å². The molecule has 0 unspecified atom stereocenters. The molecule has 0 fully saturated rings. The van der Waals surface area contributed by atoms with Crippen molar-refractivity contribution in [2.45, 2.75) is 6.18 Å². The van der Waals surface area contributed by atoms with Gasteiger partial charge in [-0.3, -0.25) is 0 Å². The van der Waals surface area contributed by atoms with Gasteiger partial charge in [0.1, 0.15) is 0 Å². The molecule has 0 N–H and O–H groups in total. The summed E-state index contributed by atoms with van der Waals surface area (Å²) in [5.41, 5.74) is -1.12. The van der Waals surface area contributed by atoms with E-state index in [0.717, 1.165) is 0 Å². The van der Waals surface area contributed by atoms with Crippen LogP contribution in [0.3, 0.4) is 0 Å². The molecule has 0 saturated carbocycles. The van der Waals surface area contributed by atoms with Gasteiger partial charge < -0.3 is 4.42 Å². The van der Waals surface area contributed by atoms with E-state index < -0.39 is 11.9 Å². The van der Waals surface area contributed by atoms with Gasteiger partial charge >= 0.3 is 6.18 Å². The Bertz CT molecular complexity index is 178. The zero-order chi connectivity index (χ0) is 6.91. The van der Waals surface area contributed by atoms with Gasteiger partial charge in [0.15, 0.2) is 12.1 Å². The number of alkyl halides is 3. The molecule has 1 radical (unpaired) electrons. The zero-order valence-electron chi connectivity index (χ0n) is 4.07. The second-order valence-electron chi connectivity index (χ2n) is 1.30. The maximum absolute atomic E-state index is 11.5. The van der Waals surface area contributed by atoms with Gasteiger partial charge in [0.25, 0.3) is 0 Å². The number of halogens is 3. The van der Waals surface area contributed by atoms with Crippen LogP contribution in [0.4, 0.5) is 13.2 Å². The van der Waals surface area contributed by atoms with Crippen LogP contribution in [0, 0.1) is 6.26 Å². The smallest absolute Gasteiger partial charge is 0.437 e. The van der Waals surface area contributed by atoms with Crippen LogP contribution in [0.1, 0.15) is 5.69 Å². The van der Waals surface area contributed by atoms with Gasteiger partial charge in [-0.1, -0.05) is 0 Å².